The Balaban J connectivity index is 1.34. The highest BCUT2D eigenvalue weighted by atomic mass is 35.5. The van der Waals surface area contributed by atoms with Gasteiger partial charge in [0.1, 0.15) is 0 Å². The Hall–Kier alpha value is -2.59. The molecule has 4 heteroatoms. The Morgan fingerprint density at radius 3 is 2.62 bits per heavy atom. The van der Waals surface area contributed by atoms with E-state index in [0.29, 0.717) is 10.3 Å². The van der Waals surface area contributed by atoms with Gasteiger partial charge in [-0.3, -0.25) is 0 Å². The predicted molar refractivity (Wildman–Crippen MR) is 160 cm³/mol. The van der Waals surface area contributed by atoms with Crippen molar-refractivity contribution in [3.05, 3.63) is 112 Å². The molecule has 1 atom stereocenters. The van der Waals surface area contributed by atoms with Crippen LogP contribution < -0.4 is 0 Å². The molecule has 190 valence electrons. The predicted octanol–water partition coefficient (Wildman–Crippen LogP) is 9.10. The van der Waals surface area contributed by atoms with Crippen molar-refractivity contribution >= 4 is 46.4 Å². The summed E-state index contributed by atoms with van der Waals surface area (Å²) in [6, 6.07) is 27.2. The third kappa shape index (κ3) is 7.04. The molecule has 0 aliphatic heterocycles. The van der Waals surface area contributed by atoms with E-state index in [-0.39, 0.29) is 0 Å². The molecule has 1 N–H and O–H groups in total. The first-order chi connectivity index (χ1) is 17.8. The molecule has 5 rings (SSSR count). The van der Waals surface area contributed by atoms with Crippen LogP contribution in [0, 0.1) is 5.92 Å². The molecule has 0 unspecified atom stereocenters. The van der Waals surface area contributed by atoms with Crippen molar-refractivity contribution in [1.82, 2.24) is 4.98 Å². The summed E-state index contributed by atoms with van der Waals surface area (Å²) < 4.78 is 0. The summed E-state index contributed by atoms with van der Waals surface area (Å²) in [5, 5.41) is 12.9. The van der Waals surface area contributed by atoms with Crippen molar-refractivity contribution in [2.75, 3.05) is 5.75 Å². The van der Waals surface area contributed by atoms with Crippen LogP contribution in [-0.4, -0.2) is 15.8 Å². The molecule has 0 spiro atoms. The number of benzene rings is 3. The average molecular weight is 528 g/mol. The monoisotopic (exact) mass is 527 g/mol. The van der Waals surface area contributed by atoms with E-state index in [9.17, 15) is 5.11 Å². The number of hydrogen-bond donors (Lipinski definition) is 1. The van der Waals surface area contributed by atoms with Gasteiger partial charge in [-0.25, -0.2) is 4.98 Å². The van der Waals surface area contributed by atoms with Gasteiger partial charge in [-0.05, 0) is 97.7 Å². The van der Waals surface area contributed by atoms with Gasteiger partial charge in [0, 0.05) is 15.7 Å². The highest BCUT2D eigenvalue weighted by Crippen LogP contribution is 2.41. The molecule has 1 aliphatic rings. The molecule has 0 saturated heterocycles. The lowest BCUT2D eigenvalue weighted by Gasteiger charge is -2.23. The molecule has 1 heterocycles. The summed E-state index contributed by atoms with van der Waals surface area (Å²) in [5.41, 5.74) is 5.81. The fourth-order valence-electron chi connectivity index (χ4n) is 4.75. The van der Waals surface area contributed by atoms with E-state index in [4.69, 9.17) is 16.6 Å². The highest BCUT2D eigenvalue weighted by molar-refractivity contribution is 7.99. The van der Waals surface area contributed by atoms with Crippen molar-refractivity contribution < 1.29 is 5.11 Å². The van der Waals surface area contributed by atoms with E-state index >= 15 is 0 Å². The second kappa shape index (κ2) is 11.4. The van der Waals surface area contributed by atoms with Crippen molar-refractivity contribution in [2.45, 2.75) is 50.4 Å². The summed E-state index contributed by atoms with van der Waals surface area (Å²) in [4.78, 5) is 4.76. The number of fused-ring (bicyclic) bond motifs is 1. The molecule has 0 amide bonds. The molecule has 1 fully saturated rings. The Morgan fingerprint density at radius 2 is 1.81 bits per heavy atom. The van der Waals surface area contributed by atoms with Crippen molar-refractivity contribution in [3.63, 3.8) is 0 Å². The van der Waals surface area contributed by atoms with Gasteiger partial charge in [-0.1, -0.05) is 78.3 Å². The lowest BCUT2D eigenvalue weighted by atomic mass is 9.90. The van der Waals surface area contributed by atoms with E-state index in [1.807, 2.05) is 44.2 Å². The Labute approximate surface area is 229 Å². The lowest BCUT2D eigenvalue weighted by molar-refractivity contribution is 0.0776. The number of aliphatic hydroxyl groups is 1. The maximum atomic E-state index is 10.7. The van der Waals surface area contributed by atoms with Crippen LogP contribution in [0.1, 0.15) is 66.3 Å². The zero-order valence-electron chi connectivity index (χ0n) is 21.5. The first kappa shape index (κ1) is 26.0. The van der Waals surface area contributed by atoms with Crippen LogP contribution in [0.5, 0.6) is 0 Å². The largest absolute Gasteiger partial charge is 0.386 e. The maximum Gasteiger partial charge on any atom is 0.0843 e. The fourth-order valence-corrected chi connectivity index (χ4v) is 6.38. The fraction of sp³-hybridized carbons (Fsp3) is 0.303. The topological polar surface area (TPSA) is 33.1 Å². The molecule has 1 aliphatic carbocycles. The van der Waals surface area contributed by atoms with Crippen LogP contribution >= 0.6 is 23.4 Å². The van der Waals surface area contributed by atoms with Gasteiger partial charge in [-0.2, -0.15) is 11.8 Å². The molecule has 2 nitrogen and oxygen atoms in total. The number of halogens is 1. The highest BCUT2D eigenvalue weighted by Gasteiger charge is 2.25. The number of aryl methyl sites for hydroxylation is 1. The number of pyridine rings is 1. The van der Waals surface area contributed by atoms with Gasteiger partial charge < -0.3 is 5.11 Å². The smallest absolute Gasteiger partial charge is 0.0843 e. The summed E-state index contributed by atoms with van der Waals surface area (Å²) >= 11 is 8.26. The number of hydrogen-bond acceptors (Lipinski definition) is 3. The maximum absolute atomic E-state index is 10.7. The van der Waals surface area contributed by atoms with E-state index in [2.05, 4.69) is 72.4 Å². The standard InChI is InChI=1S/C33H34ClNOS/c1-33(2,36)30-9-4-3-7-25(30)15-19-32(37-22-24-10-11-24)27-8-5-6-23(20-27)12-17-29-18-14-26-13-16-28(34)21-31(26)35-29/h3-9,12-14,16-18,20-21,24,32,36H,10-11,15,19,22H2,1-2H3/b17-12-/t32-/m0/s1. The van der Waals surface area contributed by atoms with Gasteiger partial charge in [0.05, 0.1) is 16.8 Å². The van der Waals surface area contributed by atoms with Crippen molar-refractivity contribution in [3.8, 4) is 0 Å². The Morgan fingerprint density at radius 1 is 1.00 bits per heavy atom. The summed E-state index contributed by atoms with van der Waals surface area (Å²) in [6.45, 7) is 3.75. The van der Waals surface area contributed by atoms with Gasteiger partial charge in [0.15, 0.2) is 0 Å². The summed E-state index contributed by atoms with van der Waals surface area (Å²) in [7, 11) is 0. The van der Waals surface area contributed by atoms with Crippen LogP contribution in [0.3, 0.4) is 0 Å². The summed E-state index contributed by atoms with van der Waals surface area (Å²) in [5.74, 6) is 2.10. The minimum absolute atomic E-state index is 0.421. The second-order valence-corrected chi connectivity index (χ2v) is 12.3. The van der Waals surface area contributed by atoms with Crippen LogP contribution in [0.4, 0.5) is 0 Å². The van der Waals surface area contributed by atoms with E-state index in [1.165, 1.54) is 35.3 Å². The minimum atomic E-state index is -0.833. The number of aromatic nitrogens is 1. The Bertz CT molecular complexity index is 1400. The molecule has 4 aromatic rings. The van der Waals surface area contributed by atoms with Gasteiger partial charge in [0.25, 0.3) is 0 Å². The van der Waals surface area contributed by atoms with Crippen LogP contribution in [-0.2, 0) is 12.0 Å². The van der Waals surface area contributed by atoms with E-state index in [0.717, 1.165) is 40.9 Å². The lowest BCUT2D eigenvalue weighted by Crippen LogP contribution is -2.18. The van der Waals surface area contributed by atoms with Gasteiger partial charge >= 0.3 is 0 Å². The van der Waals surface area contributed by atoms with Crippen molar-refractivity contribution in [1.29, 1.82) is 0 Å². The van der Waals surface area contributed by atoms with Gasteiger partial charge in [-0.15, -0.1) is 0 Å². The van der Waals surface area contributed by atoms with Crippen LogP contribution in [0.15, 0.2) is 78.9 Å². The quantitative estimate of drug-likeness (QED) is 0.223. The third-order valence-corrected chi connectivity index (χ3v) is 8.80. The molecule has 1 saturated carbocycles. The molecular formula is C33H34ClNOS. The number of rotatable bonds is 10. The number of thioether (sulfide) groups is 1. The van der Waals surface area contributed by atoms with E-state index < -0.39 is 5.60 Å². The molecule has 0 radical (unpaired) electrons. The number of nitrogens with zero attached hydrogens (tertiary/aromatic N) is 1. The summed E-state index contributed by atoms with van der Waals surface area (Å²) in [6.07, 6.45) is 8.96. The normalized spacial score (nSPS) is 14.9. The van der Waals surface area contributed by atoms with Crippen LogP contribution in [0.25, 0.3) is 23.1 Å². The molecule has 1 aromatic heterocycles. The van der Waals surface area contributed by atoms with Crippen molar-refractivity contribution in [2.24, 2.45) is 5.92 Å². The zero-order chi connectivity index (χ0) is 25.8. The van der Waals surface area contributed by atoms with Crippen LogP contribution in [0.2, 0.25) is 5.02 Å². The van der Waals surface area contributed by atoms with E-state index in [1.54, 1.807) is 0 Å². The first-order valence-electron chi connectivity index (χ1n) is 13.1. The SMILES string of the molecule is CC(C)(O)c1ccccc1CC[C@H](SCC1CC1)c1cccc(/C=C\c2ccc3ccc(Cl)cc3n2)c1. The minimum Gasteiger partial charge on any atom is -0.386 e. The molecule has 0 bridgehead atoms. The molecule has 3 aromatic carbocycles. The first-order valence-corrected chi connectivity index (χ1v) is 14.5. The zero-order valence-corrected chi connectivity index (χ0v) is 23.1. The molecule has 37 heavy (non-hydrogen) atoms. The third-order valence-electron chi connectivity index (χ3n) is 6.99. The molecular weight excluding hydrogens is 494 g/mol. The van der Waals surface area contributed by atoms with Gasteiger partial charge in [0.2, 0.25) is 0 Å². The Kier molecular flexibility index (Phi) is 8.04. The average Bonchev–Trinajstić information content (AvgIpc) is 3.72. The second-order valence-electron chi connectivity index (χ2n) is 10.6.